The summed E-state index contributed by atoms with van der Waals surface area (Å²) in [5, 5.41) is 7.26. The number of piperidine rings is 1. The van der Waals surface area contributed by atoms with Gasteiger partial charge in [-0.1, -0.05) is 36.4 Å². The highest BCUT2D eigenvalue weighted by Gasteiger charge is 2.20. The van der Waals surface area contributed by atoms with E-state index >= 15 is 0 Å². The third-order valence-electron chi connectivity index (χ3n) is 6.82. The molecule has 9 heteroatoms. The number of nitrogens with two attached hydrogens (primary N) is 1. The number of fused-ring (bicyclic) bond motifs is 1. The predicted octanol–water partition coefficient (Wildman–Crippen LogP) is 5.52. The summed E-state index contributed by atoms with van der Waals surface area (Å²) >= 11 is 0. The number of nitrogens with zero attached hydrogens (tertiary/aromatic N) is 3. The number of primary amides is 1. The van der Waals surface area contributed by atoms with Crippen molar-refractivity contribution in [3.8, 4) is 11.1 Å². The molecule has 7 nitrogen and oxygen atoms in total. The lowest BCUT2D eigenvalue weighted by molar-refractivity contribution is -0.113. The second-order valence-corrected chi connectivity index (χ2v) is 9.57. The number of carbonyl (C=O) groups is 1. The Labute approximate surface area is 225 Å². The molecule has 2 heterocycles. The predicted molar refractivity (Wildman–Crippen MR) is 152 cm³/mol. The van der Waals surface area contributed by atoms with Crippen LogP contribution >= 0.6 is 0 Å². The molecule has 4 N–H and O–H groups in total. The number of anilines is 3. The third-order valence-corrected chi connectivity index (χ3v) is 6.82. The Morgan fingerprint density at radius 3 is 2.69 bits per heavy atom. The minimum Gasteiger partial charge on any atom is -0.380 e. The summed E-state index contributed by atoms with van der Waals surface area (Å²) in [6.45, 7) is 1.73. The van der Waals surface area contributed by atoms with E-state index in [1.165, 1.54) is 12.1 Å². The molecule has 1 aliphatic heterocycles. The first-order valence-electron chi connectivity index (χ1n) is 12.9. The number of para-hydroxylation sites is 1. The SMILES string of the molecule is NC(=O)C=Cc1cccc(-c2cccc3cnc(Nc4ccc(NC5CCN(CCF)CC5)c(F)c4)nc23)c1. The van der Waals surface area contributed by atoms with Gasteiger partial charge in [-0.05, 0) is 54.3 Å². The van der Waals surface area contributed by atoms with Crippen molar-refractivity contribution in [3.63, 3.8) is 0 Å². The van der Waals surface area contributed by atoms with Crippen LogP contribution < -0.4 is 16.4 Å². The fourth-order valence-electron chi connectivity index (χ4n) is 4.82. The molecule has 1 aliphatic rings. The standard InChI is InChI=1S/C30H30F2N6O/c31-13-16-38-14-11-23(12-15-38)35-27-9-8-24(18-26(27)32)36-30-34-19-22-5-2-6-25(29(22)37-30)21-4-1-3-20(17-21)7-10-28(33)39/h1-10,17-19,23,35H,11-16H2,(H2,33,39)(H,34,36,37). The molecule has 0 aliphatic carbocycles. The van der Waals surface area contributed by atoms with E-state index in [4.69, 9.17) is 10.7 Å². The van der Waals surface area contributed by atoms with Gasteiger partial charge in [-0.2, -0.15) is 0 Å². The van der Waals surface area contributed by atoms with E-state index in [2.05, 4.69) is 20.5 Å². The number of carbonyl (C=O) groups excluding carboxylic acids is 1. The molecule has 0 bridgehead atoms. The molecule has 1 aromatic heterocycles. The molecule has 4 aromatic rings. The summed E-state index contributed by atoms with van der Waals surface area (Å²) in [4.78, 5) is 22.4. The number of aromatic nitrogens is 2. The zero-order chi connectivity index (χ0) is 27.2. The van der Waals surface area contributed by atoms with Gasteiger partial charge >= 0.3 is 0 Å². The summed E-state index contributed by atoms with van der Waals surface area (Å²) in [6, 6.07) is 18.6. The van der Waals surface area contributed by atoms with Crippen molar-refractivity contribution in [3.05, 3.63) is 84.3 Å². The monoisotopic (exact) mass is 528 g/mol. The van der Waals surface area contributed by atoms with Gasteiger partial charge in [-0.25, -0.2) is 18.7 Å². The first-order chi connectivity index (χ1) is 19.0. The van der Waals surface area contributed by atoms with Crippen LogP contribution in [0, 0.1) is 5.82 Å². The van der Waals surface area contributed by atoms with Crippen LogP contribution in [0.4, 0.5) is 26.1 Å². The highest BCUT2D eigenvalue weighted by molar-refractivity contribution is 5.95. The van der Waals surface area contributed by atoms with Gasteiger partial charge in [0.05, 0.1) is 11.2 Å². The van der Waals surface area contributed by atoms with E-state index in [1.807, 2.05) is 42.5 Å². The van der Waals surface area contributed by atoms with Crippen LogP contribution in [-0.4, -0.2) is 53.1 Å². The average molecular weight is 529 g/mol. The maximum atomic E-state index is 15.0. The first-order valence-corrected chi connectivity index (χ1v) is 12.9. The smallest absolute Gasteiger partial charge is 0.241 e. The van der Waals surface area contributed by atoms with Gasteiger partial charge in [-0.15, -0.1) is 0 Å². The lowest BCUT2D eigenvalue weighted by Gasteiger charge is -2.32. The zero-order valence-corrected chi connectivity index (χ0v) is 21.4. The van der Waals surface area contributed by atoms with E-state index in [0.717, 1.165) is 53.5 Å². The maximum Gasteiger partial charge on any atom is 0.241 e. The number of rotatable bonds is 9. The lowest BCUT2D eigenvalue weighted by atomic mass is 10.0. The normalized spacial score (nSPS) is 14.6. The Morgan fingerprint density at radius 1 is 1.10 bits per heavy atom. The molecule has 1 fully saturated rings. The number of benzene rings is 3. The van der Waals surface area contributed by atoms with Crippen molar-refractivity contribution >= 4 is 40.2 Å². The zero-order valence-electron chi connectivity index (χ0n) is 21.4. The highest BCUT2D eigenvalue weighted by Crippen LogP contribution is 2.30. The number of alkyl halides is 1. The minimum atomic E-state index is -0.509. The Bertz CT molecular complexity index is 1500. The summed E-state index contributed by atoms with van der Waals surface area (Å²) in [6.07, 6.45) is 6.41. The van der Waals surface area contributed by atoms with E-state index in [1.54, 1.807) is 24.4 Å². The number of nitrogens with one attached hydrogen (secondary N) is 2. The van der Waals surface area contributed by atoms with Crippen molar-refractivity contribution in [2.45, 2.75) is 18.9 Å². The van der Waals surface area contributed by atoms with Crippen LogP contribution in [0.2, 0.25) is 0 Å². The summed E-state index contributed by atoms with van der Waals surface area (Å²) in [5.41, 5.74) is 9.60. The molecule has 1 amide bonds. The second kappa shape index (κ2) is 12.0. The largest absolute Gasteiger partial charge is 0.380 e. The first kappa shape index (κ1) is 26.2. The summed E-state index contributed by atoms with van der Waals surface area (Å²) < 4.78 is 27.5. The van der Waals surface area contributed by atoms with Crippen molar-refractivity contribution < 1.29 is 13.6 Å². The highest BCUT2D eigenvalue weighted by atomic mass is 19.1. The number of likely N-dealkylation sites (tertiary alicyclic amines) is 1. The fraction of sp³-hybridized carbons (Fsp3) is 0.233. The van der Waals surface area contributed by atoms with Crippen LogP contribution in [-0.2, 0) is 4.79 Å². The molecule has 1 saturated heterocycles. The van der Waals surface area contributed by atoms with Crippen LogP contribution in [0.1, 0.15) is 18.4 Å². The van der Waals surface area contributed by atoms with Crippen LogP contribution in [0.15, 0.2) is 72.9 Å². The van der Waals surface area contributed by atoms with Gasteiger partial charge in [0.25, 0.3) is 0 Å². The van der Waals surface area contributed by atoms with Crippen molar-refractivity contribution in [1.82, 2.24) is 14.9 Å². The number of hydrogen-bond acceptors (Lipinski definition) is 6. The maximum absolute atomic E-state index is 15.0. The van der Waals surface area contributed by atoms with Gasteiger partial charge in [0, 0.05) is 54.6 Å². The Hall–Kier alpha value is -4.37. The molecule has 0 atom stereocenters. The number of amides is 1. The minimum absolute atomic E-state index is 0.154. The molecule has 0 unspecified atom stereocenters. The van der Waals surface area contributed by atoms with Gasteiger partial charge in [0.15, 0.2) is 0 Å². The van der Waals surface area contributed by atoms with E-state index in [0.29, 0.717) is 23.9 Å². The number of hydrogen-bond donors (Lipinski definition) is 3. The van der Waals surface area contributed by atoms with Crippen LogP contribution in [0.5, 0.6) is 0 Å². The van der Waals surface area contributed by atoms with E-state index in [-0.39, 0.29) is 18.5 Å². The lowest BCUT2D eigenvalue weighted by Crippen LogP contribution is -2.40. The van der Waals surface area contributed by atoms with Crippen LogP contribution in [0.25, 0.3) is 28.1 Å². The summed E-state index contributed by atoms with van der Waals surface area (Å²) in [5.74, 6) is -0.529. The summed E-state index contributed by atoms with van der Waals surface area (Å²) in [7, 11) is 0. The van der Waals surface area contributed by atoms with Crippen LogP contribution in [0.3, 0.4) is 0 Å². The third kappa shape index (κ3) is 6.56. The Kier molecular flexibility index (Phi) is 8.07. The molecule has 0 radical (unpaired) electrons. The fourth-order valence-corrected chi connectivity index (χ4v) is 4.82. The molecular formula is C30H30F2N6O. The molecule has 5 rings (SSSR count). The van der Waals surface area contributed by atoms with Gasteiger partial charge in [-0.3, -0.25) is 4.79 Å². The van der Waals surface area contributed by atoms with Gasteiger partial charge in [0.2, 0.25) is 11.9 Å². The quantitative estimate of drug-likeness (QED) is 0.248. The number of halogens is 2. The molecule has 3 aromatic carbocycles. The van der Waals surface area contributed by atoms with E-state index < -0.39 is 5.91 Å². The molecule has 39 heavy (non-hydrogen) atoms. The van der Waals surface area contributed by atoms with Gasteiger partial charge in [0.1, 0.15) is 12.5 Å². The van der Waals surface area contributed by atoms with Crippen molar-refractivity contribution in [2.75, 3.05) is 36.9 Å². The van der Waals surface area contributed by atoms with E-state index in [9.17, 15) is 13.6 Å². The molecular weight excluding hydrogens is 498 g/mol. The van der Waals surface area contributed by atoms with Gasteiger partial charge < -0.3 is 21.3 Å². The van der Waals surface area contributed by atoms with Crippen molar-refractivity contribution in [1.29, 1.82) is 0 Å². The Morgan fingerprint density at radius 2 is 1.92 bits per heavy atom. The molecule has 0 saturated carbocycles. The molecule has 0 spiro atoms. The van der Waals surface area contributed by atoms with Crippen molar-refractivity contribution in [2.24, 2.45) is 5.73 Å². The molecule has 200 valence electrons. The Balaban J connectivity index is 1.33. The second-order valence-electron chi connectivity index (χ2n) is 9.57. The topological polar surface area (TPSA) is 96.2 Å². The average Bonchev–Trinajstić information content (AvgIpc) is 2.94.